The lowest BCUT2D eigenvalue weighted by Crippen LogP contribution is -2.42. The lowest BCUT2D eigenvalue weighted by atomic mass is 10.1. The number of ether oxygens (including phenoxy) is 1. The van der Waals surface area contributed by atoms with Crippen LogP contribution in [0, 0.1) is 5.92 Å². The third kappa shape index (κ3) is 4.06. The number of benzene rings is 1. The molecule has 0 spiro atoms. The van der Waals surface area contributed by atoms with E-state index in [0.29, 0.717) is 24.6 Å². The molecule has 5 heteroatoms. The van der Waals surface area contributed by atoms with Crippen LogP contribution < -0.4 is 0 Å². The summed E-state index contributed by atoms with van der Waals surface area (Å²) in [7, 11) is 1.67. The number of carbonyl (C=O) groups is 1. The highest BCUT2D eigenvalue weighted by molar-refractivity contribution is 9.11. The van der Waals surface area contributed by atoms with Gasteiger partial charge in [0.2, 0.25) is 0 Å². The highest BCUT2D eigenvalue weighted by atomic mass is 79.9. The molecule has 1 saturated carbocycles. The molecule has 0 bridgehead atoms. The largest absolute Gasteiger partial charge is 0.383 e. The van der Waals surface area contributed by atoms with Gasteiger partial charge in [0.25, 0.3) is 5.91 Å². The van der Waals surface area contributed by atoms with E-state index in [4.69, 9.17) is 4.74 Å². The lowest BCUT2D eigenvalue weighted by molar-refractivity contribution is 0.0594. The Balaban J connectivity index is 2.19. The van der Waals surface area contributed by atoms with Crippen molar-refractivity contribution < 1.29 is 9.53 Å². The van der Waals surface area contributed by atoms with Gasteiger partial charge < -0.3 is 9.64 Å². The van der Waals surface area contributed by atoms with Crippen molar-refractivity contribution in [2.75, 3.05) is 20.3 Å². The van der Waals surface area contributed by atoms with Gasteiger partial charge in [0.1, 0.15) is 0 Å². The van der Waals surface area contributed by atoms with Crippen molar-refractivity contribution in [2.45, 2.75) is 25.8 Å². The average Bonchev–Trinajstić information content (AvgIpc) is 3.21. The van der Waals surface area contributed by atoms with Crippen LogP contribution in [0.4, 0.5) is 0 Å². The second-order valence-corrected chi connectivity index (χ2v) is 7.06. The van der Waals surface area contributed by atoms with Crippen LogP contribution in [0.3, 0.4) is 0 Å². The second kappa shape index (κ2) is 7.05. The van der Waals surface area contributed by atoms with E-state index in [-0.39, 0.29) is 11.9 Å². The SMILES string of the molecule is COCCN(C(=O)c1cc(Br)cc(Br)c1)C(C)C1CC1. The number of carbonyl (C=O) groups excluding carboxylic acids is 1. The summed E-state index contributed by atoms with van der Waals surface area (Å²) in [6.07, 6.45) is 2.44. The quantitative estimate of drug-likeness (QED) is 0.714. The molecule has 1 fully saturated rings. The summed E-state index contributed by atoms with van der Waals surface area (Å²) in [4.78, 5) is 14.7. The van der Waals surface area contributed by atoms with Crippen LogP contribution in [-0.4, -0.2) is 37.1 Å². The van der Waals surface area contributed by atoms with Crippen molar-refractivity contribution in [3.63, 3.8) is 0 Å². The van der Waals surface area contributed by atoms with Gasteiger partial charge in [0.05, 0.1) is 6.61 Å². The van der Waals surface area contributed by atoms with E-state index in [1.165, 1.54) is 12.8 Å². The Morgan fingerprint density at radius 3 is 2.45 bits per heavy atom. The smallest absolute Gasteiger partial charge is 0.254 e. The fourth-order valence-corrected chi connectivity index (χ4v) is 3.65. The van der Waals surface area contributed by atoms with Crippen LogP contribution in [0.1, 0.15) is 30.1 Å². The van der Waals surface area contributed by atoms with Crippen LogP contribution in [-0.2, 0) is 4.74 Å². The molecular formula is C15H19Br2NO2. The summed E-state index contributed by atoms with van der Waals surface area (Å²) < 4.78 is 6.95. The van der Waals surface area contributed by atoms with Crippen LogP contribution in [0.25, 0.3) is 0 Å². The summed E-state index contributed by atoms with van der Waals surface area (Å²) in [6.45, 7) is 3.34. The van der Waals surface area contributed by atoms with E-state index < -0.39 is 0 Å². The maximum Gasteiger partial charge on any atom is 0.254 e. The summed E-state index contributed by atoms with van der Waals surface area (Å²) in [5, 5.41) is 0. The van der Waals surface area contributed by atoms with Crippen LogP contribution >= 0.6 is 31.9 Å². The number of hydrogen-bond donors (Lipinski definition) is 0. The molecule has 110 valence electrons. The van der Waals surface area contributed by atoms with Crippen LogP contribution in [0.5, 0.6) is 0 Å². The molecule has 2 rings (SSSR count). The Labute approximate surface area is 136 Å². The van der Waals surface area contributed by atoms with E-state index >= 15 is 0 Å². The molecule has 0 saturated heterocycles. The molecule has 0 radical (unpaired) electrons. The molecule has 1 unspecified atom stereocenters. The molecule has 1 aliphatic carbocycles. The number of hydrogen-bond acceptors (Lipinski definition) is 2. The Bertz CT molecular complexity index is 469. The summed E-state index contributed by atoms with van der Waals surface area (Å²) >= 11 is 6.87. The molecule has 1 aromatic rings. The number of rotatable bonds is 6. The Kier molecular flexibility index (Phi) is 5.64. The lowest BCUT2D eigenvalue weighted by Gasteiger charge is -2.29. The van der Waals surface area contributed by atoms with Gasteiger partial charge in [0, 0.05) is 34.2 Å². The highest BCUT2D eigenvalue weighted by Crippen LogP contribution is 2.35. The second-order valence-electron chi connectivity index (χ2n) is 5.23. The molecule has 1 amide bonds. The third-order valence-corrected chi connectivity index (χ3v) is 4.62. The van der Waals surface area contributed by atoms with Crippen molar-refractivity contribution in [2.24, 2.45) is 5.92 Å². The Hall–Kier alpha value is -0.390. The number of amides is 1. The number of nitrogens with zero attached hydrogens (tertiary/aromatic N) is 1. The topological polar surface area (TPSA) is 29.5 Å². The fraction of sp³-hybridized carbons (Fsp3) is 0.533. The number of halogens is 2. The minimum atomic E-state index is 0.0726. The molecule has 3 nitrogen and oxygen atoms in total. The maximum absolute atomic E-state index is 12.8. The molecule has 1 atom stereocenters. The summed E-state index contributed by atoms with van der Waals surface area (Å²) in [5.41, 5.74) is 0.704. The van der Waals surface area contributed by atoms with Crippen molar-refractivity contribution in [1.82, 2.24) is 4.90 Å². The predicted molar refractivity (Wildman–Crippen MR) is 86.9 cm³/mol. The van der Waals surface area contributed by atoms with Crippen LogP contribution in [0.15, 0.2) is 27.1 Å². The zero-order valence-electron chi connectivity index (χ0n) is 11.7. The first-order chi connectivity index (χ1) is 9.52. The van der Waals surface area contributed by atoms with E-state index in [1.807, 2.05) is 23.1 Å². The number of methoxy groups -OCH3 is 1. The monoisotopic (exact) mass is 403 g/mol. The molecule has 1 aromatic carbocycles. The van der Waals surface area contributed by atoms with E-state index in [9.17, 15) is 4.79 Å². The van der Waals surface area contributed by atoms with Crippen LogP contribution in [0.2, 0.25) is 0 Å². The minimum absolute atomic E-state index is 0.0726. The van der Waals surface area contributed by atoms with Gasteiger partial charge in [-0.3, -0.25) is 4.79 Å². The molecule has 0 heterocycles. The van der Waals surface area contributed by atoms with E-state index in [1.54, 1.807) is 7.11 Å². The van der Waals surface area contributed by atoms with Crippen molar-refractivity contribution in [1.29, 1.82) is 0 Å². The first kappa shape index (κ1) is 16.0. The normalized spacial score (nSPS) is 16.0. The van der Waals surface area contributed by atoms with Crippen molar-refractivity contribution >= 4 is 37.8 Å². The molecule has 1 aliphatic rings. The summed E-state index contributed by atoms with van der Waals surface area (Å²) in [6, 6.07) is 5.94. The third-order valence-electron chi connectivity index (χ3n) is 3.70. The molecule has 0 aliphatic heterocycles. The maximum atomic E-state index is 12.8. The minimum Gasteiger partial charge on any atom is -0.383 e. The van der Waals surface area contributed by atoms with Gasteiger partial charge >= 0.3 is 0 Å². The van der Waals surface area contributed by atoms with Gasteiger partial charge in [-0.15, -0.1) is 0 Å². The predicted octanol–water partition coefficient (Wildman–Crippen LogP) is 4.10. The van der Waals surface area contributed by atoms with Crippen molar-refractivity contribution in [3.05, 3.63) is 32.7 Å². The zero-order chi connectivity index (χ0) is 14.7. The molecule has 0 N–H and O–H groups in total. The molecular weight excluding hydrogens is 386 g/mol. The van der Waals surface area contributed by atoms with Crippen molar-refractivity contribution in [3.8, 4) is 0 Å². The summed E-state index contributed by atoms with van der Waals surface area (Å²) in [5.74, 6) is 0.717. The highest BCUT2D eigenvalue weighted by Gasteiger charge is 2.34. The fourth-order valence-electron chi connectivity index (χ4n) is 2.36. The first-order valence-corrected chi connectivity index (χ1v) is 8.37. The van der Waals surface area contributed by atoms with Gasteiger partial charge in [0.15, 0.2) is 0 Å². The Morgan fingerprint density at radius 1 is 1.35 bits per heavy atom. The van der Waals surface area contributed by atoms with E-state index in [0.717, 1.165) is 8.95 Å². The van der Waals surface area contributed by atoms with Gasteiger partial charge in [-0.2, -0.15) is 0 Å². The standard InChI is InChI=1S/C15H19Br2NO2/c1-10(11-3-4-11)18(5-6-20-2)15(19)12-7-13(16)9-14(17)8-12/h7-11H,3-6H2,1-2H3. The van der Waals surface area contributed by atoms with Gasteiger partial charge in [-0.05, 0) is 43.9 Å². The molecule has 0 aromatic heterocycles. The first-order valence-electron chi connectivity index (χ1n) is 6.79. The Morgan fingerprint density at radius 2 is 1.95 bits per heavy atom. The van der Waals surface area contributed by atoms with Gasteiger partial charge in [-0.1, -0.05) is 31.9 Å². The van der Waals surface area contributed by atoms with Gasteiger partial charge in [-0.25, -0.2) is 0 Å². The average molecular weight is 405 g/mol. The molecule has 20 heavy (non-hydrogen) atoms. The van der Waals surface area contributed by atoms with E-state index in [2.05, 4.69) is 38.8 Å². The zero-order valence-corrected chi connectivity index (χ0v) is 14.9.